The summed E-state index contributed by atoms with van der Waals surface area (Å²) in [4.78, 5) is 2.36. The van der Waals surface area contributed by atoms with Crippen LogP contribution in [0.4, 0.5) is 0 Å². The average Bonchev–Trinajstić information content (AvgIpc) is 3.07. The highest BCUT2D eigenvalue weighted by atomic mass is 16.3. The van der Waals surface area contributed by atoms with Gasteiger partial charge in [-0.25, -0.2) is 0 Å². The maximum absolute atomic E-state index is 9.98. The SMILES string of the molecule is Cn1nncc1CNCC1CC(O)CN1Cc1ccccc1. The number of nitrogens with zero attached hydrogens (tertiary/aromatic N) is 4. The van der Waals surface area contributed by atoms with Gasteiger partial charge in [-0.1, -0.05) is 35.5 Å². The summed E-state index contributed by atoms with van der Waals surface area (Å²) in [6.45, 7) is 3.23. The Morgan fingerprint density at radius 1 is 1.32 bits per heavy atom. The van der Waals surface area contributed by atoms with Crippen LogP contribution in [0.1, 0.15) is 17.7 Å². The fourth-order valence-corrected chi connectivity index (χ4v) is 3.02. The number of rotatable bonds is 6. The van der Waals surface area contributed by atoms with Crippen molar-refractivity contribution in [1.29, 1.82) is 0 Å². The molecular weight excluding hydrogens is 278 g/mol. The van der Waals surface area contributed by atoms with Crippen molar-refractivity contribution in [2.75, 3.05) is 13.1 Å². The first kappa shape index (κ1) is 15.1. The molecule has 3 rings (SSSR count). The highest BCUT2D eigenvalue weighted by Crippen LogP contribution is 2.20. The summed E-state index contributed by atoms with van der Waals surface area (Å²) in [6, 6.07) is 10.8. The Kier molecular flexibility index (Phi) is 4.82. The number of hydrogen-bond donors (Lipinski definition) is 2. The van der Waals surface area contributed by atoms with E-state index < -0.39 is 0 Å². The van der Waals surface area contributed by atoms with E-state index in [0.29, 0.717) is 6.04 Å². The Hall–Kier alpha value is -1.76. The van der Waals surface area contributed by atoms with Crippen molar-refractivity contribution in [1.82, 2.24) is 25.2 Å². The first-order chi connectivity index (χ1) is 10.7. The van der Waals surface area contributed by atoms with Gasteiger partial charge in [-0.2, -0.15) is 0 Å². The normalized spacial score (nSPS) is 22.3. The molecule has 118 valence electrons. The molecule has 0 bridgehead atoms. The molecule has 0 spiro atoms. The van der Waals surface area contributed by atoms with Crippen molar-refractivity contribution in [2.24, 2.45) is 7.05 Å². The molecule has 2 atom stereocenters. The van der Waals surface area contributed by atoms with E-state index in [0.717, 1.165) is 38.3 Å². The van der Waals surface area contributed by atoms with Gasteiger partial charge in [0.1, 0.15) is 0 Å². The van der Waals surface area contributed by atoms with E-state index in [1.165, 1.54) is 5.56 Å². The van der Waals surface area contributed by atoms with Gasteiger partial charge < -0.3 is 10.4 Å². The van der Waals surface area contributed by atoms with E-state index in [1.54, 1.807) is 10.9 Å². The number of aliphatic hydroxyl groups is 1. The lowest BCUT2D eigenvalue weighted by atomic mass is 10.1. The molecule has 6 nitrogen and oxygen atoms in total. The van der Waals surface area contributed by atoms with Gasteiger partial charge in [0, 0.05) is 39.3 Å². The molecule has 1 aliphatic rings. The molecule has 0 aliphatic carbocycles. The van der Waals surface area contributed by atoms with Crippen molar-refractivity contribution >= 4 is 0 Å². The standard InChI is InChI=1S/C16H23N5O/c1-20-15(10-18-19-20)9-17-8-14-7-16(22)12-21(14)11-13-5-3-2-4-6-13/h2-6,10,14,16-17,22H,7-9,11-12H2,1H3. The van der Waals surface area contributed by atoms with E-state index in [9.17, 15) is 5.11 Å². The molecule has 2 heterocycles. The molecule has 6 heteroatoms. The van der Waals surface area contributed by atoms with Crippen molar-refractivity contribution in [3.8, 4) is 0 Å². The van der Waals surface area contributed by atoms with E-state index in [1.807, 2.05) is 13.1 Å². The van der Waals surface area contributed by atoms with Crippen LogP contribution in [0.3, 0.4) is 0 Å². The Morgan fingerprint density at radius 2 is 2.14 bits per heavy atom. The van der Waals surface area contributed by atoms with Crippen LogP contribution in [0.5, 0.6) is 0 Å². The van der Waals surface area contributed by atoms with Crippen molar-refractivity contribution in [3.05, 3.63) is 47.8 Å². The van der Waals surface area contributed by atoms with Crippen LogP contribution in [0.25, 0.3) is 0 Å². The Bertz CT molecular complexity index is 585. The predicted octanol–water partition coefficient (Wildman–Crippen LogP) is 0.540. The van der Waals surface area contributed by atoms with Crippen molar-refractivity contribution < 1.29 is 5.11 Å². The first-order valence-electron chi connectivity index (χ1n) is 7.72. The van der Waals surface area contributed by atoms with Gasteiger partial charge in [0.15, 0.2) is 0 Å². The summed E-state index contributed by atoms with van der Waals surface area (Å²) in [5.74, 6) is 0. The zero-order valence-corrected chi connectivity index (χ0v) is 12.9. The van der Waals surface area contributed by atoms with Crippen molar-refractivity contribution in [2.45, 2.75) is 31.7 Å². The van der Waals surface area contributed by atoms with Crippen LogP contribution in [0.2, 0.25) is 0 Å². The van der Waals surface area contributed by atoms with Crippen LogP contribution < -0.4 is 5.32 Å². The molecule has 1 saturated heterocycles. The fourth-order valence-electron chi connectivity index (χ4n) is 3.02. The van der Waals surface area contributed by atoms with E-state index in [2.05, 4.69) is 44.8 Å². The fraction of sp³-hybridized carbons (Fsp3) is 0.500. The molecule has 22 heavy (non-hydrogen) atoms. The molecular formula is C16H23N5O. The minimum absolute atomic E-state index is 0.228. The molecule has 0 radical (unpaired) electrons. The zero-order chi connectivity index (χ0) is 15.4. The number of nitrogens with one attached hydrogen (secondary N) is 1. The maximum Gasteiger partial charge on any atom is 0.0738 e. The number of likely N-dealkylation sites (tertiary alicyclic amines) is 1. The molecule has 2 aromatic rings. The molecule has 0 amide bonds. The second-order valence-electron chi connectivity index (χ2n) is 5.94. The Morgan fingerprint density at radius 3 is 2.86 bits per heavy atom. The molecule has 2 N–H and O–H groups in total. The lowest BCUT2D eigenvalue weighted by Gasteiger charge is -2.24. The summed E-state index contributed by atoms with van der Waals surface area (Å²) in [5.41, 5.74) is 2.35. The summed E-state index contributed by atoms with van der Waals surface area (Å²) in [7, 11) is 1.89. The zero-order valence-electron chi connectivity index (χ0n) is 12.9. The topological polar surface area (TPSA) is 66.2 Å². The smallest absolute Gasteiger partial charge is 0.0738 e. The Labute approximate surface area is 130 Å². The summed E-state index contributed by atoms with van der Waals surface area (Å²) < 4.78 is 1.78. The average molecular weight is 301 g/mol. The molecule has 1 aliphatic heterocycles. The van der Waals surface area contributed by atoms with E-state index in [-0.39, 0.29) is 6.10 Å². The largest absolute Gasteiger partial charge is 0.392 e. The van der Waals surface area contributed by atoms with Gasteiger partial charge in [0.2, 0.25) is 0 Å². The van der Waals surface area contributed by atoms with Crippen LogP contribution in [-0.2, 0) is 20.1 Å². The van der Waals surface area contributed by atoms with E-state index >= 15 is 0 Å². The number of β-amino-alcohol motifs (C(OH)–C–C–N with tert-alkyl or cyclic N) is 1. The third kappa shape index (κ3) is 3.71. The van der Waals surface area contributed by atoms with Crippen LogP contribution in [0, 0.1) is 0 Å². The highest BCUT2D eigenvalue weighted by molar-refractivity contribution is 5.15. The summed E-state index contributed by atoms with van der Waals surface area (Å²) >= 11 is 0. The number of benzene rings is 1. The molecule has 1 aromatic carbocycles. The van der Waals surface area contributed by atoms with Gasteiger partial charge in [0.05, 0.1) is 18.0 Å². The molecule has 2 unspecified atom stereocenters. The summed E-state index contributed by atoms with van der Waals surface area (Å²) in [6.07, 6.45) is 2.37. The maximum atomic E-state index is 9.98. The predicted molar refractivity (Wildman–Crippen MR) is 84.0 cm³/mol. The number of aromatic nitrogens is 3. The van der Waals surface area contributed by atoms with Gasteiger partial charge in [-0.15, -0.1) is 5.10 Å². The lowest BCUT2D eigenvalue weighted by Crippen LogP contribution is -2.37. The lowest BCUT2D eigenvalue weighted by molar-refractivity contribution is 0.172. The van der Waals surface area contributed by atoms with Gasteiger partial charge in [-0.05, 0) is 12.0 Å². The van der Waals surface area contributed by atoms with Gasteiger partial charge in [0.25, 0.3) is 0 Å². The first-order valence-corrected chi connectivity index (χ1v) is 7.72. The minimum atomic E-state index is -0.228. The van der Waals surface area contributed by atoms with Crippen LogP contribution in [-0.4, -0.2) is 50.2 Å². The van der Waals surface area contributed by atoms with Crippen LogP contribution in [0.15, 0.2) is 36.5 Å². The highest BCUT2D eigenvalue weighted by Gasteiger charge is 2.30. The molecule has 1 aromatic heterocycles. The Balaban J connectivity index is 1.53. The van der Waals surface area contributed by atoms with E-state index in [4.69, 9.17) is 0 Å². The van der Waals surface area contributed by atoms with Crippen molar-refractivity contribution in [3.63, 3.8) is 0 Å². The summed E-state index contributed by atoms with van der Waals surface area (Å²) in [5, 5.41) is 21.2. The van der Waals surface area contributed by atoms with Gasteiger partial charge in [-0.3, -0.25) is 9.58 Å². The second-order valence-corrected chi connectivity index (χ2v) is 5.94. The second kappa shape index (κ2) is 7.00. The van der Waals surface area contributed by atoms with Crippen LogP contribution >= 0.6 is 0 Å². The van der Waals surface area contributed by atoms with Gasteiger partial charge >= 0.3 is 0 Å². The molecule has 1 fully saturated rings. The third-order valence-corrected chi connectivity index (χ3v) is 4.23. The minimum Gasteiger partial charge on any atom is -0.392 e. The number of aryl methyl sites for hydroxylation is 1. The monoisotopic (exact) mass is 301 g/mol. The molecule has 0 saturated carbocycles. The third-order valence-electron chi connectivity index (χ3n) is 4.23. The number of hydrogen-bond acceptors (Lipinski definition) is 5. The quantitative estimate of drug-likeness (QED) is 0.815. The number of aliphatic hydroxyl groups excluding tert-OH is 1.